The number of aromatic nitrogens is 1. The SMILES string of the molecule is CC(NS(=O)(=O)c1cc(Br)c(F)cc1N)c1nccs1. The summed E-state index contributed by atoms with van der Waals surface area (Å²) in [4.78, 5) is 3.87. The lowest BCUT2D eigenvalue weighted by Gasteiger charge is -2.14. The maximum absolute atomic E-state index is 13.3. The summed E-state index contributed by atoms with van der Waals surface area (Å²) in [7, 11) is -3.86. The smallest absolute Gasteiger partial charge is 0.243 e. The standard InChI is InChI=1S/C11H11BrFN3O2S2/c1-6(11-15-2-3-19-11)16-20(17,18)10-4-7(12)8(13)5-9(10)14/h2-6,16H,14H2,1H3. The predicted molar refractivity (Wildman–Crippen MR) is 79.4 cm³/mol. The van der Waals surface area contributed by atoms with Crippen LogP contribution in [-0.2, 0) is 10.0 Å². The second kappa shape index (κ2) is 5.76. The van der Waals surface area contributed by atoms with Gasteiger partial charge >= 0.3 is 0 Å². The Hall–Kier alpha value is -1.03. The van der Waals surface area contributed by atoms with Crippen LogP contribution in [0, 0.1) is 5.82 Å². The van der Waals surface area contributed by atoms with E-state index in [1.54, 1.807) is 18.5 Å². The van der Waals surface area contributed by atoms with Crippen molar-refractivity contribution in [2.75, 3.05) is 5.73 Å². The van der Waals surface area contributed by atoms with Crippen LogP contribution in [0.2, 0.25) is 0 Å². The van der Waals surface area contributed by atoms with E-state index in [0.717, 1.165) is 12.1 Å². The molecule has 1 heterocycles. The lowest BCUT2D eigenvalue weighted by atomic mass is 10.3. The van der Waals surface area contributed by atoms with E-state index in [1.807, 2.05) is 0 Å². The molecule has 1 atom stereocenters. The van der Waals surface area contributed by atoms with Crippen molar-refractivity contribution in [1.82, 2.24) is 9.71 Å². The highest BCUT2D eigenvalue weighted by molar-refractivity contribution is 9.10. The molecule has 0 fully saturated rings. The Morgan fingerprint density at radius 2 is 2.20 bits per heavy atom. The van der Waals surface area contributed by atoms with Gasteiger partial charge in [-0.25, -0.2) is 22.5 Å². The monoisotopic (exact) mass is 379 g/mol. The van der Waals surface area contributed by atoms with E-state index in [2.05, 4.69) is 25.6 Å². The van der Waals surface area contributed by atoms with Crippen LogP contribution in [0.4, 0.5) is 10.1 Å². The predicted octanol–water partition coefficient (Wildman–Crippen LogP) is 2.67. The van der Waals surface area contributed by atoms with Crippen molar-refractivity contribution in [3.63, 3.8) is 0 Å². The van der Waals surface area contributed by atoms with Gasteiger partial charge in [0.2, 0.25) is 10.0 Å². The lowest BCUT2D eigenvalue weighted by molar-refractivity contribution is 0.566. The van der Waals surface area contributed by atoms with Gasteiger partial charge in [-0.2, -0.15) is 0 Å². The molecule has 0 aliphatic rings. The van der Waals surface area contributed by atoms with Crippen molar-refractivity contribution in [2.45, 2.75) is 17.9 Å². The van der Waals surface area contributed by atoms with Gasteiger partial charge in [-0.05, 0) is 35.0 Å². The fraction of sp³-hybridized carbons (Fsp3) is 0.182. The van der Waals surface area contributed by atoms with E-state index in [1.165, 1.54) is 11.3 Å². The number of benzene rings is 1. The van der Waals surface area contributed by atoms with Gasteiger partial charge in [0.05, 0.1) is 16.2 Å². The first-order valence-corrected chi connectivity index (χ1v) is 8.63. The number of nitrogens with two attached hydrogens (primary N) is 1. The summed E-state index contributed by atoms with van der Waals surface area (Å²) in [5.41, 5.74) is 5.43. The van der Waals surface area contributed by atoms with Gasteiger partial charge in [0.15, 0.2) is 0 Å². The second-order valence-electron chi connectivity index (χ2n) is 4.02. The van der Waals surface area contributed by atoms with Gasteiger partial charge in [-0.1, -0.05) is 0 Å². The molecule has 9 heteroatoms. The average molecular weight is 380 g/mol. The van der Waals surface area contributed by atoms with Gasteiger partial charge < -0.3 is 5.73 Å². The Bertz CT molecular complexity index is 720. The Labute approximate surface area is 128 Å². The molecular weight excluding hydrogens is 369 g/mol. The molecule has 0 bridgehead atoms. The normalized spacial score (nSPS) is 13.3. The molecule has 0 saturated heterocycles. The number of sulfonamides is 1. The molecular formula is C11H11BrFN3O2S2. The van der Waals surface area contributed by atoms with Gasteiger partial charge in [0, 0.05) is 11.6 Å². The molecule has 0 spiro atoms. The summed E-state index contributed by atoms with van der Waals surface area (Å²) in [5, 5.41) is 2.39. The third-order valence-corrected chi connectivity index (χ3v) is 5.66. The first kappa shape index (κ1) is 15.4. The Morgan fingerprint density at radius 1 is 1.50 bits per heavy atom. The van der Waals surface area contributed by atoms with Crippen LogP contribution in [0.5, 0.6) is 0 Å². The van der Waals surface area contributed by atoms with Gasteiger partial charge in [-0.3, -0.25) is 0 Å². The summed E-state index contributed by atoms with van der Waals surface area (Å²) in [6.45, 7) is 1.67. The zero-order valence-corrected chi connectivity index (χ0v) is 13.5. The van der Waals surface area contributed by atoms with Crippen molar-refractivity contribution < 1.29 is 12.8 Å². The molecule has 1 aromatic heterocycles. The van der Waals surface area contributed by atoms with Crippen LogP contribution >= 0.6 is 27.3 Å². The number of hydrogen-bond donors (Lipinski definition) is 2. The topological polar surface area (TPSA) is 85.1 Å². The number of thiazole rings is 1. The molecule has 0 saturated carbocycles. The second-order valence-corrected chi connectivity index (χ2v) is 7.48. The maximum Gasteiger partial charge on any atom is 0.243 e. The quantitative estimate of drug-likeness (QED) is 0.799. The molecule has 2 rings (SSSR count). The Kier molecular flexibility index (Phi) is 4.43. The zero-order valence-electron chi connectivity index (χ0n) is 10.3. The van der Waals surface area contributed by atoms with Crippen LogP contribution in [0.1, 0.15) is 18.0 Å². The van der Waals surface area contributed by atoms with Crippen LogP contribution in [0.25, 0.3) is 0 Å². The molecule has 3 N–H and O–H groups in total. The molecule has 0 aliphatic heterocycles. The minimum absolute atomic E-state index is 0.0361. The third kappa shape index (κ3) is 3.17. The number of nitrogens with one attached hydrogen (secondary N) is 1. The third-order valence-electron chi connectivity index (χ3n) is 2.50. The molecule has 0 aliphatic carbocycles. The van der Waals surface area contributed by atoms with E-state index >= 15 is 0 Å². The Balaban J connectivity index is 2.34. The van der Waals surface area contributed by atoms with Crippen molar-refractivity contribution in [2.24, 2.45) is 0 Å². The number of nitrogens with zero attached hydrogens (tertiary/aromatic N) is 1. The van der Waals surface area contributed by atoms with Crippen molar-refractivity contribution >= 4 is 43.0 Å². The number of nitrogen functional groups attached to an aromatic ring is 1. The molecule has 0 radical (unpaired) electrons. The first-order chi connectivity index (χ1) is 9.31. The fourth-order valence-electron chi connectivity index (χ4n) is 1.57. The largest absolute Gasteiger partial charge is 0.398 e. The van der Waals surface area contributed by atoms with Crippen LogP contribution in [0.3, 0.4) is 0 Å². The molecule has 20 heavy (non-hydrogen) atoms. The zero-order chi connectivity index (χ0) is 14.9. The van der Waals surface area contributed by atoms with Gasteiger partial charge in [0.1, 0.15) is 15.7 Å². The first-order valence-electron chi connectivity index (χ1n) is 5.47. The maximum atomic E-state index is 13.3. The molecule has 1 unspecified atom stereocenters. The highest BCUT2D eigenvalue weighted by Crippen LogP contribution is 2.27. The van der Waals surface area contributed by atoms with E-state index < -0.39 is 21.9 Å². The molecule has 5 nitrogen and oxygen atoms in total. The minimum Gasteiger partial charge on any atom is -0.398 e. The minimum atomic E-state index is -3.86. The highest BCUT2D eigenvalue weighted by atomic mass is 79.9. The summed E-state index contributed by atoms with van der Waals surface area (Å²) in [5.74, 6) is -0.616. The number of halogens is 2. The molecule has 108 valence electrons. The van der Waals surface area contributed by atoms with Gasteiger partial charge in [-0.15, -0.1) is 11.3 Å². The number of anilines is 1. The number of hydrogen-bond acceptors (Lipinski definition) is 5. The van der Waals surface area contributed by atoms with E-state index in [-0.39, 0.29) is 15.1 Å². The van der Waals surface area contributed by atoms with Crippen LogP contribution < -0.4 is 10.5 Å². The molecule has 0 amide bonds. The van der Waals surface area contributed by atoms with Crippen LogP contribution in [0.15, 0.2) is 33.1 Å². The van der Waals surface area contributed by atoms with E-state index in [4.69, 9.17) is 5.73 Å². The van der Waals surface area contributed by atoms with Crippen LogP contribution in [-0.4, -0.2) is 13.4 Å². The summed E-state index contributed by atoms with van der Waals surface area (Å²) in [6.07, 6.45) is 1.59. The summed E-state index contributed by atoms with van der Waals surface area (Å²) in [6, 6.07) is 1.61. The van der Waals surface area contributed by atoms with Crippen molar-refractivity contribution in [3.05, 3.63) is 39.0 Å². The van der Waals surface area contributed by atoms with Gasteiger partial charge in [0.25, 0.3) is 0 Å². The fourth-order valence-corrected chi connectivity index (χ4v) is 4.13. The molecule has 2 aromatic rings. The number of rotatable bonds is 4. The highest BCUT2D eigenvalue weighted by Gasteiger charge is 2.23. The summed E-state index contributed by atoms with van der Waals surface area (Å²) >= 11 is 4.28. The molecule has 1 aromatic carbocycles. The average Bonchev–Trinajstić information content (AvgIpc) is 2.86. The lowest BCUT2D eigenvalue weighted by Crippen LogP contribution is -2.27. The van der Waals surface area contributed by atoms with Crippen molar-refractivity contribution in [3.8, 4) is 0 Å². The van der Waals surface area contributed by atoms with E-state index in [9.17, 15) is 12.8 Å². The van der Waals surface area contributed by atoms with E-state index in [0.29, 0.717) is 5.01 Å². The van der Waals surface area contributed by atoms with Crippen molar-refractivity contribution in [1.29, 1.82) is 0 Å². The Morgan fingerprint density at radius 3 is 2.80 bits per heavy atom. The summed E-state index contributed by atoms with van der Waals surface area (Å²) < 4.78 is 40.3.